The Balaban J connectivity index is 1.88. The van der Waals surface area contributed by atoms with E-state index in [-0.39, 0.29) is 6.42 Å². The number of nitrogens with zero attached hydrogens (tertiary/aromatic N) is 1. The monoisotopic (exact) mass is 302 g/mol. The fourth-order valence-electron chi connectivity index (χ4n) is 2.49. The van der Waals surface area contributed by atoms with Gasteiger partial charge in [0.05, 0.1) is 0 Å². The molecule has 1 aromatic heterocycles. The van der Waals surface area contributed by atoms with Crippen molar-refractivity contribution in [2.24, 2.45) is 5.92 Å². The second-order valence-electron chi connectivity index (χ2n) is 5.67. The van der Waals surface area contributed by atoms with E-state index in [9.17, 15) is 13.6 Å². The highest BCUT2D eigenvalue weighted by Crippen LogP contribution is 2.49. The number of alkyl halides is 2. The number of aryl methyl sites for hydroxylation is 2. The van der Waals surface area contributed by atoms with E-state index in [0.717, 1.165) is 22.4 Å². The van der Waals surface area contributed by atoms with E-state index >= 15 is 0 Å². The zero-order chi connectivity index (χ0) is 15.9. The van der Waals surface area contributed by atoms with Crippen LogP contribution in [-0.4, -0.2) is 16.8 Å². The van der Waals surface area contributed by atoms with Gasteiger partial charge < -0.3 is 5.32 Å². The van der Waals surface area contributed by atoms with Gasteiger partial charge in [-0.2, -0.15) is 0 Å². The molecule has 22 heavy (non-hydrogen) atoms. The van der Waals surface area contributed by atoms with Gasteiger partial charge in [0.25, 0.3) is 5.92 Å². The summed E-state index contributed by atoms with van der Waals surface area (Å²) in [6.45, 7) is 3.87. The van der Waals surface area contributed by atoms with Crippen LogP contribution in [0.2, 0.25) is 0 Å². The normalized spacial score (nSPS) is 18.8. The van der Waals surface area contributed by atoms with E-state index in [1.54, 1.807) is 18.3 Å². The molecule has 5 heteroatoms. The molecule has 3 nitrogen and oxygen atoms in total. The Morgan fingerprint density at radius 3 is 2.64 bits per heavy atom. The molecule has 1 fully saturated rings. The summed E-state index contributed by atoms with van der Waals surface area (Å²) in [6, 6.07) is 9.19. The van der Waals surface area contributed by atoms with E-state index in [1.165, 1.54) is 0 Å². The maximum atomic E-state index is 12.9. The molecule has 1 aliphatic carbocycles. The molecular weight excluding hydrogens is 286 g/mol. The molecule has 0 unspecified atom stereocenters. The van der Waals surface area contributed by atoms with Crippen LogP contribution < -0.4 is 5.32 Å². The molecule has 1 N–H and O–H groups in total. The first-order valence-electron chi connectivity index (χ1n) is 7.10. The van der Waals surface area contributed by atoms with Gasteiger partial charge in [-0.1, -0.05) is 12.1 Å². The summed E-state index contributed by atoms with van der Waals surface area (Å²) in [6.07, 6.45) is 1.36. The van der Waals surface area contributed by atoms with Gasteiger partial charge in [0.1, 0.15) is 5.92 Å². The van der Waals surface area contributed by atoms with Crippen molar-refractivity contribution in [3.8, 4) is 11.1 Å². The number of benzene rings is 1. The van der Waals surface area contributed by atoms with Gasteiger partial charge in [0.2, 0.25) is 5.91 Å². The van der Waals surface area contributed by atoms with Gasteiger partial charge in [-0.15, -0.1) is 0 Å². The summed E-state index contributed by atoms with van der Waals surface area (Å²) in [5, 5.41) is 2.58. The smallest absolute Gasteiger partial charge is 0.260 e. The number of hydrogen-bond donors (Lipinski definition) is 1. The first-order chi connectivity index (χ1) is 10.4. The molecule has 1 heterocycles. The van der Waals surface area contributed by atoms with Crippen molar-refractivity contribution in [2.45, 2.75) is 26.2 Å². The molecule has 0 bridgehead atoms. The average molecular weight is 302 g/mol. The van der Waals surface area contributed by atoms with Crippen LogP contribution in [0.4, 0.5) is 14.5 Å². The SMILES string of the molecule is Cc1ccc(NC(=O)[C@@H]2CC2(F)F)cc1-c1cccnc1C. The standard InChI is InChI=1S/C17H16F2N2O/c1-10-5-6-12(21-16(22)15-9-17(15,18)19)8-14(10)13-4-3-7-20-11(13)2/h3-8,15H,9H2,1-2H3,(H,21,22)/t15-/m0/s1. The van der Waals surface area contributed by atoms with Crippen LogP contribution in [0.5, 0.6) is 0 Å². The number of amides is 1. The highest BCUT2D eigenvalue weighted by atomic mass is 19.3. The van der Waals surface area contributed by atoms with Crippen LogP contribution in [0.1, 0.15) is 17.7 Å². The third-order valence-electron chi connectivity index (χ3n) is 3.94. The molecule has 0 radical (unpaired) electrons. The maximum absolute atomic E-state index is 12.9. The van der Waals surface area contributed by atoms with E-state index in [1.807, 2.05) is 32.0 Å². The zero-order valence-electron chi connectivity index (χ0n) is 12.4. The highest BCUT2D eigenvalue weighted by Gasteiger charge is 2.61. The fourth-order valence-corrected chi connectivity index (χ4v) is 2.49. The van der Waals surface area contributed by atoms with Gasteiger partial charge in [0, 0.05) is 29.6 Å². The number of anilines is 1. The molecule has 3 rings (SSSR count). The largest absolute Gasteiger partial charge is 0.326 e. The van der Waals surface area contributed by atoms with Crippen LogP contribution in [0.3, 0.4) is 0 Å². The van der Waals surface area contributed by atoms with Crippen molar-refractivity contribution in [3.63, 3.8) is 0 Å². The zero-order valence-corrected chi connectivity index (χ0v) is 12.4. The molecule has 2 aromatic rings. The Kier molecular flexibility index (Phi) is 3.43. The number of carbonyl (C=O) groups excluding carboxylic acids is 1. The molecule has 0 aliphatic heterocycles. The number of rotatable bonds is 3. The topological polar surface area (TPSA) is 42.0 Å². The number of nitrogens with one attached hydrogen (secondary N) is 1. The molecule has 1 atom stereocenters. The van der Waals surface area contributed by atoms with E-state index in [2.05, 4.69) is 10.3 Å². The molecule has 0 saturated heterocycles. The van der Waals surface area contributed by atoms with Crippen molar-refractivity contribution in [1.82, 2.24) is 4.98 Å². The second kappa shape index (κ2) is 5.16. The predicted molar refractivity (Wildman–Crippen MR) is 80.8 cm³/mol. The summed E-state index contributed by atoms with van der Waals surface area (Å²) in [7, 11) is 0. The second-order valence-corrected chi connectivity index (χ2v) is 5.67. The minimum atomic E-state index is -2.85. The van der Waals surface area contributed by atoms with Crippen LogP contribution in [0.25, 0.3) is 11.1 Å². The van der Waals surface area contributed by atoms with E-state index in [0.29, 0.717) is 5.69 Å². The number of pyridine rings is 1. The molecule has 1 aliphatic rings. The Bertz CT molecular complexity index is 743. The van der Waals surface area contributed by atoms with Gasteiger partial charge in [-0.25, -0.2) is 8.78 Å². The van der Waals surface area contributed by atoms with Gasteiger partial charge >= 0.3 is 0 Å². The Morgan fingerprint density at radius 2 is 2.00 bits per heavy atom. The number of halogens is 2. The lowest BCUT2D eigenvalue weighted by Gasteiger charge is -2.12. The summed E-state index contributed by atoms with van der Waals surface area (Å²) >= 11 is 0. The third kappa shape index (κ3) is 2.71. The summed E-state index contributed by atoms with van der Waals surface area (Å²) in [4.78, 5) is 16.0. The van der Waals surface area contributed by atoms with Crippen LogP contribution in [-0.2, 0) is 4.79 Å². The Morgan fingerprint density at radius 1 is 1.27 bits per heavy atom. The van der Waals surface area contributed by atoms with Crippen molar-refractivity contribution in [2.75, 3.05) is 5.32 Å². The molecule has 1 amide bonds. The van der Waals surface area contributed by atoms with Crippen molar-refractivity contribution >= 4 is 11.6 Å². The molecule has 114 valence electrons. The maximum Gasteiger partial charge on any atom is 0.260 e. The number of hydrogen-bond acceptors (Lipinski definition) is 2. The first-order valence-corrected chi connectivity index (χ1v) is 7.10. The third-order valence-corrected chi connectivity index (χ3v) is 3.94. The Hall–Kier alpha value is -2.30. The lowest BCUT2D eigenvalue weighted by Crippen LogP contribution is -2.17. The quantitative estimate of drug-likeness (QED) is 0.932. The highest BCUT2D eigenvalue weighted by molar-refractivity contribution is 5.96. The molecule has 1 saturated carbocycles. The number of aromatic nitrogens is 1. The summed E-state index contributed by atoms with van der Waals surface area (Å²) < 4.78 is 25.9. The average Bonchev–Trinajstić information content (AvgIpc) is 3.11. The van der Waals surface area contributed by atoms with Crippen LogP contribution in [0.15, 0.2) is 36.5 Å². The molecule has 1 aromatic carbocycles. The fraction of sp³-hybridized carbons (Fsp3) is 0.294. The summed E-state index contributed by atoms with van der Waals surface area (Å²) in [5.41, 5.74) is 4.34. The van der Waals surface area contributed by atoms with Gasteiger partial charge in [-0.3, -0.25) is 9.78 Å². The predicted octanol–water partition coefficient (Wildman–Crippen LogP) is 3.96. The van der Waals surface area contributed by atoms with Crippen molar-refractivity contribution in [1.29, 1.82) is 0 Å². The van der Waals surface area contributed by atoms with E-state index in [4.69, 9.17) is 0 Å². The first kappa shape index (κ1) is 14.6. The van der Waals surface area contributed by atoms with Gasteiger partial charge in [-0.05, 0) is 43.2 Å². The minimum absolute atomic E-state index is 0.362. The van der Waals surface area contributed by atoms with Crippen LogP contribution in [0, 0.1) is 19.8 Å². The lowest BCUT2D eigenvalue weighted by molar-refractivity contribution is -0.119. The minimum Gasteiger partial charge on any atom is -0.326 e. The van der Waals surface area contributed by atoms with E-state index < -0.39 is 17.7 Å². The number of carbonyl (C=O) groups is 1. The molecular formula is C17H16F2N2O. The van der Waals surface area contributed by atoms with Crippen molar-refractivity contribution < 1.29 is 13.6 Å². The van der Waals surface area contributed by atoms with Crippen LogP contribution >= 0.6 is 0 Å². The lowest BCUT2D eigenvalue weighted by atomic mass is 9.99. The van der Waals surface area contributed by atoms with Crippen molar-refractivity contribution in [3.05, 3.63) is 47.8 Å². The summed E-state index contributed by atoms with van der Waals surface area (Å²) in [5.74, 6) is -4.67. The van der Waals surface area contributed by atoms with Gasteiger partial charge in [0.15, 0.2) is 0 Å². The molecule has 0 spiro atoms. The Labute approximate surface area is 127 Å².